The second-order valence-corrected chi connectivity index (χ2v) is 6.66. The molecule has 1 aromatic carbocycles. The van der Waals surface area contributed by atoms with E-state index in [1.54, 1.807) is 12.1 Å². The molecule has 0 bridgehead atoms. The predicted molar refractivity (Wildman–Crippen MR) is 79.4 cm³/mol. The summed E-state index contributed by atoms with van der Waals surface area (Å²) in [7, 11) is -3.48. The molecular weight excluding hydrogens is 262 g/mol. The Morgan fingerprint density at radius 1 is 1.21 bits per heavy atom. The van der Waals surface area contributed by atoms with E-state index in [0.717, 1.165) is 12.0 Å². The van der Waals surface area contributed by atoms with Gasteiger partial charge in [-0.1, -0.05) is 32.9 Å². The Kier molecular flexibility index (Phi) is 5.34. The molecule has 6 heteroatoms. The first-order valence-electron chi connectivity index (χ1n) is 6.39. The van der Waals surface area contributed by atoms with E-state index in [0.29, 0.717) is 18.8 Å². The molecule has 1 aromatic rings. The molecular formula is C13H23N3O2S. The molecule has 1 rings (SSSR count). The number of hydrogen-bond donors (Lipinski definition) is 3. The van der Waals surface area contributed by atoms with Gasteiger partial charge < -0.3 is 5.73 Å². The van der Waals surface area contributed by atoms with Gasteiger partial charge in [0, 0.05) is 24.2 Å². The molecule has 0 fully saturated rings. The Balaban J connectivity index is 2.78. The van der Waals surface area contributed by atoms with Gasteiger partial charge in [0.1, 0.15) is 0 Å². The van der Waals surface area contributed by atoms with E-state index in [9.17, 15) is 8.42 Å². The summed E-state index contributed by atoms with van der Waals surface area (Å²) in [6.45, 7) is 6.97. The van der Waals surface area contributed by atoms with Crippen molar-refractivity contribution in [3.05, 3.63) is 29.8 Å². The van der Waals surface area contributed by atoms with Gasteiger partial charge in [-0.15, -0.1) is 0 Å². The SMILES string of the molecule is CCCNS(=O)(=O)Nc1ccc(C(C)(C)CN)cc1. The highest BCUT2D eigenvalue weighted by atomic mass is 32.2. The van der Waals surface area contributed by atoms with Crippen molar-refractivity contribution in [3.63, 3.8) is 0 Å². The van der Waals surface area contributed by atoms with Gasteiger partial charge in [-0.3, -0.25) is 4.72 Å². The molecule has 4 N–H and O–H groups in total. The summed E-state index contributed by atoms with van der Waals surface area (Å²) in [4.78, 5) is 0. The van der Waals surface area contributed by atoms with Crippen LogP contribution in [0.2, 0.25) is 0 Å². The molecule has 0 saturated heterocycles. The lowest BCUT2D eigenvalue weighted by Crippen LogP contribution is -2.31. The van der Waals surface area contributed by atoms with E-state index in [4.69, 9.17) is 5.73 Å². The van der Waals surface area contributed by atoms with Crippen LogP contribution in [0.25, 0.3) is 0 Å². The van der Waals surface area contributed by atoms with E-state index in [-0.39, 0.29) is 5.41 Å². The first kappa shape index (κ1) is 15.9. The third kappa shape index (κ3) is 4.81. The average molecular weight is 285 g/mol. The maximum Gasteiger partial charge on any atom is 0.299 e. The Hall–Kier alpha value is -1.11. The Morgan fingerprint density at radius 3 is 2.26 bits per heavy atom. The van der Waals surface area contributed by atoms with Gasteiger partial charge in [0.15, 0.2) is 0 Å². The van der Waals surface area contributed by atoms with Crippen molar-refractivity contribution >= 4 is 15.9 Å². The van der Waals surface area contributed by atoms with Crippen molar-refractivity contribution in [2.75, 3.05) is 17.8 Å². The maximum atomic E-state index is 11.7. The number of nitrogens with two attached hydrogens (primary N) is 1. The fourth-order valence-corrected chi connectivity index (χ4v) is 2.53. The van der Waals surface area contributed by atoms with Crippen LogP contribution in [-0.4, -0.2) is 21.5 Å². The zero-order valence-electron chi connectivity index (χ0n) is 11.7. The third-order valence-electron chi connectivity index (χ3n) is 2.97. The molecule has 0 heterocycles. The second kappa shape index (κ2) is 6.36. The van der Waals surface area contributed by atoms with Gasteiger partial charge in [0.2, 0.25) is 0 Å². The average Bonchev–Trinajstić information content (AvgIpc) is 2.36. The highest BCUT2D eigenvalue weighted by Crippen LogP contribution is 2.23. The van der Waals surface area contributed by atoms with E-state index in [1.807, 2.05) is 19.1 Å². The highest BCUT2D eigenvalue weighted by molar-refractivity contribution is 7.90. The van der Waals surface area contributed by atoms with Crippen molar-refractivity contribution < 1.29 is 8.42 Å². The zero-order valence-corrected chi connectivity index (χ0v) is 12.5. The van der Waals surface area contributed by atoms with Crippen LogP contribution in [0.3, 0.4) is 0 Å². The van der Waals surface area contributed by atoms with Crippen LogP contribution >= 0.6 is 0 Å². The molecule has 0 radical (unpaired) electrons. The molecule has 0 saturated carbocycles. The molecule has 19 heavy (non-hydrogen) atoms. The Labute approximate surface area is 115 Å². The fraction of sp³-hybridized carbons (Fsp3) is 0.538. The highest BCUT2D eigenvalue weighted by Gasteiger charge is 2.18. The Morgan fingerprint density at radius 2 is 1.79 bits per heavy atom. The van der Waals surface area contributed by atoms with Gasteiger partial charge >= 0.3 is 0 Å². The normalized spacial score (nSPS) is 12.4. The van der Waals surface area contributed by atoms with Crippen LogP contribution in [0, 0.1) is 0 Å². The van der Waals surface area contributed by atoms with Crippen LogP contribution < -0.4 is 15.2 Å². The van der Waals surface area contributed by atoms with Gasteiger partial charge in [-0.25, -0.2) is 0 Å². The van der Waals surface area contributed by atoms with Crippen molar-refractivity contribution in [2.45, 2.75) is 32.6 Å². The van der Waals surface area contributed by atoms with Gasteiger partial charge in [-0.05, 0) is 24.1 Å². The Bertz CT molecular complexity index is 495. The van der Waals surface area contributed by atoms with Crippen LogP contribution in [0.5, 0.6) is 0 Å². The molecule has 0 aliphatic rings. The smallest absolute Gasteiger partial charge is 0.299 e. The zero-order chi connectivity index (χ0) is 14.5. The molecule has 108 valence electrons. The number of anilines is 1. The summed E-state index contributed by atoms with van der Waals surface area (Å²) in [5.74, 6) is 0. The fourth-order valence-electron chi connectivity index (χ4n) is 1.53. The summed E-state index contributed by atoms with van der Waals surface area (Å²) >= 11 is 0. The van der Waals surface area contributed by atoms with E-state index < -0.39 is 10.2 Å². The summed E-state index contributed by atoms with van der Waals surface area (Å²) in [5, 5.41) is 0. The van der Waals surface area contributed by atoms with Gasteiger partial charge in [-0.2, -0.15) is 13.1 Å². The first-order valence-corrected chi connectivity index (χ1v) is 7.87. The standard InChI is InChI=1S/C13H23N3O2S/c1-4-9-15-19(17,18)16-12-7-5-11(6-8-12)13(2,3)10-14/h5-8,15-16H,4,9-10,14H2,1-3H3. The van der Waals surface area contributed by atoms with E-state index in [2.05, 4.69) is 23.3 Å². The third-order valence-corrected chi connectivity index (χ3v) is 4.06. The molecule has 5 nitrogen and oxygen atoms in total. The summed E-state index contributed by atoms with van der Waals surface area (Å²) in [6.07, 6.45) is 0.755. The van der Waals surface area contributed by atoms with Crippen molar-refractivity contribution in [1.29, 1.82) is 0 Å². The summed E-state index contributed by atoms with van der Waals surface area (Å²) < 4.78 is 28.2. The van der Waals surface area contributed by atoms with Crippen molar-refractivity contribution in [1.82, 2.24) is 4.72 Å². The topological polar surface area (TPSA) is 84.2 Å². The number of nitrogens with one attached hydrogen (secondary N) is 2. The molecule has 0 aliphatic carbocycles. The molecule has 0 aromatic heterocycles. The summed E-state index contributed by atoms with van der Waals surface area (Å²) in [6, 6.07) is 7.28. The minimum atomic E-state index is -3.48. The largest absolute Gasteiger partial charge is 0.330 e. The van der Waals surface area contributed by atoms with E-state index in [1.165, 1.54) is 0 Å². The van der Waals surface area contributed by atoms with Crippen LogP contribution in [0.1, 0.15) is 32.8 Å². The van der Waals surface area contributed by atoms with Gasteiger partial charge in [0.05, 0.1) is 0 Å². The monoisotopic (exact) mass is 285 g/mol. The molecule has 0 atom stereocenters. The maximum absolute atomic E-state index is 11.7. The minimum absolute atomic E-state index is 0.113. The number of benzene rings is 1. The molecule has 0 spiro atoms. The van der Waals surface area contributed by atoms with Crippen LogP contribution in [0.4, 0.5) is 5.69 Å². The quantitative estimate of drug-likeness (QED) is 0.711. The molecule has 0 aliphatic heterocycles. The van der Waals surface area contributed by atoms with Crippen molar-refractivity contribution in [3.8, 4) is 0 Å². The van der Waals surface area contributed by atoms with E-state index >= 15 is 0 Å². The number of rotatable bonds is 7. The molecule has 0 amide bonds. The summed E-state index contributed by atoms with van der Waals surface area (Å²) in [5.41, 5.74) is 7.22. The predicted octanol–water partition coefficient (Wildman–Crippen LogP) is 1.58. The lowest BCUT2D eigenvalue weighted by atomic mass is 9.85. The minimum Gasteiger partial charge on any atom is -0.330 e. The number of hydrogen-bond acceptors (Lipinski definition) is 3. The molecule has 0 unspecified atom stereocenters. The van der Waals surface area contributed by atoms with Crippen LogP contribution in [0.15, 0.2) is 24.3 Å². The second-order valence-electron chi connectivity index (χ2n) is 5.17. The van der Waals surface area contributed by atoms with Gasteiger partial charge in [0.25, 0.3) is 10.2 Å². The van der Waals surface area contributed by atoms with Crippen LogP contribution in [-0.2, 0) is 15.6 Å². The lowest BCUT2D eigenvalue weighted by molar-refractivity contribution is 0.539. The lowest BCUT2D eigenvalue weighted by Gasteiger charge is -2.23. The van der Waals surface area contributed by atoms with Crippen molar-refractivity contribution in [2.24, 2.45) is 5.73 Å². The first-order chi connectivity index (χ1) is 8.80.